The molecule has 0 aliphatic carbocycles. The molecule has 3 heterocycles. The van der Waals surface area contributed by atoms with Crippen LogP contribution in [0.4, 0.5) is 10.1 Å². The number of rotatable bonds is 8. The van der Waals surface area contributed by atoms with E-state index < -0.39 is 77.7 Å². The van der Waals surface area contributed by atoms with Crippen molar-refractivity contribution >= 4 is 52.5 Å². The molecule has 0 unspecified atom stereocenters. The van der Waals surface area contributed by atoms with Crippen LogP contribution in [0.25, 0.3) is 11.1 Å². The maximum Gasteiger partial charge on any atom is 0.326 e. The van der Waals surface area contributed by atoms with E-state index in [1.165, 1.54) is 47.7 Å². The first-order valence-corrected chi connectivity index (χ1v) is 19.8. The molecule has 16 heteroatoms. The molecule has 60 heavy (non-hydrogen) atoms. The average molecular weight is 836 g/mol. The van der Waals surface area contributed by atoms with Crippen molar-refractivity contribution in [2.24, 2.45) is 0 Å². The molecule has 0 spiro atoms. The Morgan fingerprint density at radius 1 is 0.583 bits per heavy atom. The number of fused-ring (bicyclic) bond motifs is 18. The summed E-state index contributed by atoms with van der Waals surface area (Å²) >= 11 is 1.27. The predicted octanol–water partition coefficient (Wildman–Crippen LogP) is 2.52. The number of aliphatic hydroxyl groups excluding tert-OH is 2. The Morgan fingerprint density at radius 3 is 1.67 bits per heavy atom. The molecule has 7 rings (SSSR count). The van der Waals surface area contributed by atoms with E-state index in [1.54, 1.807) is 84.2 Å². The lowest BCUT2D eigenvalue weighted by molar-refractivity contribution is -0.145. The summed E-state index contributed by atoms with van der Waals surface area (Å²) in [7, 11) is 0. The second-order valence-electron chi connectivity index (χ2n) is 14.2. The van der Waals surface area contributed by atoms with Gasteiger partial charge in [0, 0.05) is 36.2 Å². The van der Waals surface area contributed by atoms with Crippen LogP contribution in [0.2, 0.25) is 0 Å². The molecule has 4 aromatic carbocycles. The summed E-state index contributed by atoms with van der Waals surface area (Å²) in [5, 5.41) is 46.1. The number of halogens is 1. The molecule has 5 aromatic rings. The van der Waals surface area contributed by atoms with Gasteiger partial charge in [0.15, 0.2) is 12.2 Å². The molecule has 5 amide bonds. The third kappa shape index (κ3) is 11.5. The number of benzene rings is 4. The second-order valence-corrected chi connectivity index (χ2v) is 15.3. The van der Waals surface area contributed by atoms with Crippen LogP contribution in [0, 0.1) is 5.82 Å². The highest BCUT2D eigenvalue weighted by molar-refractivity contribution is 7.09. The summed E-state index contributed by atoms with van der Waals surface area (Å²) < 4.78 is 13.6. The Bertz CT molecular complexity index is 2290. The van der Waals surface area contributed by atoms with Crippen molar-refractivity contribution in [3.05, 3.63) is 148 Å². The molecule has 310 valence electrons. The van der Waals surface area contributed by atoms with Crippen LogP contribution in [0.5, 0.6) is 0 Å². The minimum Gasteiger partial charge on any atom is -0.480 e. The molecular formula is C44H42FN5O9S. The second kappa shape index (κ2) is 19.8. The number of aliphatic hydroxyl groups is 2. The van der Waals surface area contributed by atoms with Crippen molar-refractivity contribution in [1.82, 2.24) is 21.3 Å². The van der Waals surface area contributed by atoms with Crippen molar-refractivity contribution in [3.8, 4) is 11.1 Å². The number of hydrogen-bond acceptors (Lipinski definition) is 9. The predicted molar refractivity (Wildman–Crippen MR) is 220 cm³/mol. The van der Waals surface area contributed by atoms with Crippen LogP contribution in [0.15, 0.2) is 121 Å². The van der Waals surface area contributed by atoms with E-state index in [0.717, 1.165) is 11.1 Å². The highest BCUT2D eigenvalue weighted by Gasteiger charge is 2.36. The van der Waals surface area contributed by atoms with Gasteiger partial charge in [0.25, 0.3) is 11.8 Å². The topological polar surface area (TPSA) is 223 Å². The van der Waals surface area contributed by atoms with E-state index in [2.05, 4.69) is 26.6 Å². The van der Waals surface area contributed by atoms with Crippen molar-refractivity contribution in [2.45, 2.75) is 62.1 Å². The number of anilines is 1. The summed E-state index contributed by atoms with van der Waals surface area (Å²) in [4.78, 5) is 82.0. The fraction of sp³-hybridized carbons (Fsp3) is 0.227. The highest BCUT2D eigenvalue weighted by Crippen LogP contribution is 2.21. The molecule has 0 saturated heterocycles. The average Bonchev–Trinajstić information content (AvgIpc) is 3.76. The molecule has 0 radical (unpaired) electrons. The number of carbonyl (C=O) groups is 6. The first-order valence-electron chi connectivity index (χ1n) is 18.9. The number of hydrogen-bond donors (Lipinski definition) is 8. The maximum atomic E-state index is 14.4. The number of carbonyl (C=O) groups excluding carboxylic acids is 5. The van der Waals surface area contributed by atoms with Crippen molar-refractivity contribution in [3.63, 3.8) is 0 Å². The molecule has 8 N–H and O–H groups in total. The van der Waals surface area contributed by atoms with E-state index in [4.69, 9.17) is 0 Å². The Hall–Kier alpha value is -6.75. The van der Waals surface area contributed by atoms with Crippen molar-refractivity contribution < 1.29 is 48.5 Å². The van der Waals surface area contributed by atoms with E-state index in [9.17, 15) is 48.5 Å². The molecule has 14 nitrogen and oxygen atoms in total. The van der Waals surface area contributed by atoms with Crippen LogP contribution in [-0.2, 0) is 54.5 Å². The van der Waals surface area contributed by atoms with Gasteiger partial charge < -0.3 is 41.9 Å². The van der Waals surface area contributed by atoms with Crippen LogP contribution in [0.3, 0.4) is 0 Å². The molecule has 0 fully saturated rings. The van der Waals surface area contributed by atoms with Crippen molar-refractivity contribution in [2.75, 3.05) is 5.32 Å². The van der Waals surface area contributed by atoms with E-state index >= 15 is 0 Å². The van der Waals surface area contributed by atoms with E-state index in [-0.39, 0.29) is 31.4 Å². The Morgan fingerprint density at radius 2 is 1.10 bits per heavy atom. The lowest BCUT2D eigenvalue weighted by Crippen LogP contribution is -2.60. The number of carboxylic acids is 1. The number of nitrogens with one attached hydrogen (secondary N) is 5. The Labute approximate surface area is 347 Å². The monoisotopic (exact) mass is 835 g/mol. The molecule has 2 aliphatic rings. The van der Waals surface area contributed by atoms with Gasteiger partial charge in [0.05, 0.1) is 0 Å². The fourth-order valence-electron chi connectivity index (χ4n) is 6.56. The van der Waals surface area contributed by atoms with Gasteiger partial charge in [0.1, 0.15) is 30.0 Å². The smallest absolute Gasteiger partial charge is 0.326 e. The van der Waals surface area contributed by atoms with Crippen LogP contribution in [-0.4, -0.2) is 87.2 Å². The SMILES string of the molecule is O=C(O)[C@@H]1Cc2ccc(cc2)NC(=O)[C@H](O)[C@@H](O)C(=O)N[C@H](Cc2cccs2)C(=O)N[C@@H](Cc2ccc(-c3ccc(F)cc3)cc2)C(=O)N[C@H](Cc2ccccc2)C(=O)N1. The van der Waals surface area contributed by atoms with Crippen molar-refractivity contribution in [1.29, 1.82) is 0 Å². The summed E-state index contributed by atoms with van der Waals surface area (Å²) in [6.45, 7) is 0. The standard InChI is InChI=1S/C44H42FN5O9S/c45-30-16-14-29(15-17-30)28-12-8-26(9-13-28)22-34-39(53)47-33(21-25-5-2-1-3-6-25)40(54)50-36(44(58)59)23-27-10-18-31(19-11-27)46-42(56)37(51)38(52)43(57)49-35(41(55)48-34)24-32-7-4-20-60-32/h1-20,33-38,51-52H,21-24H2,(H,46,56)(H,47,53)(H,48,55)(H,49,57)(H,50,54)(H,58,59)/t33-,34+,35-,36+,37-,38-/m1/s1. The van der Waals surface area contributed by atoms with Crippen LogP contribution < -0.4 is 26.6 Å². The normalized spacial score (nSPS) is 22.0. The summed E-state index contributed by atoms with van der Waals surface area (Å²) in [5.41, 5.74) is 3.28. The zero-order chi connectivity index (χ0) is 42.8. The number of carboxylic acid groups (broad SMARTS) is 1. The Balaban J connectivity index is 1.37. The first-order chi connectivity index (χ1) is 28.8. The van der Waals surface area contributed by atoms with E-state index in [1.807, 2.05) is 0 Å². The number of amides is 5. The Kier molecular flexibility index (Phi) is 14.1. The lowest BCUT2D eigenvalue weighted by Gasteiger charge is -2.27. The largest absolute Gasteiger partial charge is 0.480 e. The summed E-state index contributed by atoms with van der Waals surface area (Å²) in [6, 6.07) is 25.1. The van der Waals surface area contributed by atoms with Gasteiger partial charge >= 0.3 is 5.97 Å². The van der Waals surface area contributed by atoms with Gasteiger partial charge in [-0.3, -0.25) is 24.0 Å². The lowest BCUT2D eigenvalue weighted by atomic mass is 9.99. The third-order valence-corrected chi connectivity index (χ3v) is 10.7. The minimum absolute atomic E-state index is 0.0521. The van der Waals surface area contributed by atoms with Gasteiger partial charge in [-0.15, -0.1) is 11.3 Å². The van der Waals surface area contributed by atoms with Gasteiger partial charge in [-0.2, -0.15) is 0 Å². The molecular weight excluding hydrogens is 794 g/mol. The quantitative estimate of drug-likeness (QED) is 0.108. The summed E-state index contributed by atoms with van der Waals surface area (Å²) in [5.74, 6) is -6.63. The van der Waals surface area contributed by atoms with Gasteiger partial charge in [-0.05, 0) is 63.5 Å². The highest BCUT2D eigenvalue weighted by atomic mass is 32.1. The molecule has 2 aliphatic heterocycles. The number of aliphatic carboxylic acids is 1. The van der Waals surface area contributed by atoms with Gasteiger partial charge in [-0.1, -0.05) is 84.9 Å². The van der Waals surface area contributed by atoms with Gasteiger partial charge in [0.2, 0.25) is 17.7 Å². The summed E-state index contributed by atoms with van der Waals surface area (Å²) in [6.07, 6.45) is -5.07. The molecule has 6 atom stereocenters. The third-order valence-electron chi connectivity index (χ3n) is 9.85. The molecule has 2 bridgehead atoms. The minimum atomic E-state index is -2.32. The van der Waals surface area contributed by atoms with Crippen LogP contribution in [0.1, 0.15) is 21.6 Å². The van der Waals surface area contributed by atoms with Crippen LogP contribution >= 0.6 is 11.3 Å². The zero-order valence-electron chi connectivity index (χ0n) is 31.9. The first kappa shape index (κ1) is 42.8. The molecule has 0 saturated carbocycles. The van der Waals surface area contributed by atoms with E-state index in [0.29, 0.717) is 21.6 Å². The number of thiophene rings is 1. The molecule has 1 aromatic heterocycles. The fourth-order valence-corrected chi connectivity index (χ4v) is 7.31. The zero-order valence-corrected chi connectivity index (χ0v) is 32.7. The van der Waals surface area contributed by atoms with Gasteiger partial charge in [-0.25, -0.2) is 9.18 Å². The maximum absolute atomic E-state index is 14.4.